The van der Waals surface area contributed by atoms with Crippen LogP contribution in [0.1, 0.15) is 25.3 Å². The van der Waals surface area contributed by atoms with Gasteiger partial charge in [-0.15, -0.1) is 0 Å². The lowest BCUT2D eigenvalue weighted by Gasteiger charge is -2.11. The van der Waals surface area contributed by atoms with Crippen LogP contribution in [0, 0.1) is 0 Å². The van der Waals surface area contributed by atoms with Crippen LogP contribution in [0.25, 0.3) is 0 Å². The van der Waals surface area contributed by atoms with Crippen molar-refractivity contribution >= 4 is 11.7 Å². The summed E-state index contributed by atoms with van der Waals surface area (Å²) in [5.74, 6) is 0. The predicted octanol–water partition coefficient (Wildman–Crippen LogP) is 2.55. The highest BCUT2D eigenvalue weighted by atomic mass is 16.5. The highest BCUT2D eigenvalue weighted by molar-refractivity contribution is 5.89. The molecule has 0 spiro atoms. The second-order valence-corrected chi connectivity index (χ2v) is 4.52. The molecule has 1 aliphatic rings. The van der Waals surface area contributed by atoms with Crippen LogP contribution in [0.2, 0.25) is 0 Å². The van der Waals surface area contributed by atoms with Crippen LogP contribution in [0.4, 0.5) is 10.5 Å². The van der Waals surface area contributed by atoms with Gasteiger partial charge in [-0.2, -0.15) is 0 Å². The number of rotatable bonds is 4. The Morgan fingerprint density at radius 2 is 2.17 bits per heavy atom. The Morgan fingerprint density at radius 3 is 2.78 bits per heavy atom. The van der Waals surface area contributed by atoms with Gasteiger partial charge in [0.05, 0.1) is 6.10 Å². The molecule has 0 saturated carbocycles. The van der Waals surface area contributed by atoms with Gasteiger partial charge < -0.3 is 15.4 Å². The Balaban J connectivity index is 1.75. The van der Waals surface area contributed by atoms with E-state index in [1.807, 2.05) is 24.3 Å². The number of anilines is 1. The fraction of sp³-hybridized carbons (Fsp3) is 0.500. The van der Waals surface area contributed by atoms with E-state index in [1.165, 1.54) is 5.56 Å². The van der Waals surface area contributed by atoms with E-state index in [0.717, 1.165) is 31.6 Å². The van der Waals surface area contributed by atoms with Crippen molar-refractivity contribution in [3.05, 3.63) is 29.8 Å². The number of hydrogen-bond acceptors (Lipinski definition) is 2. The van der Waals surface area contributed by atoms with Gasteiger partial charge in [0.25, 0.3) is 0 Å². The van der Waals surface area contributed by atoms with E-state index in [0.29, 0.717) is 6.54 Å². The molecule has 1 heterocycles. The molecule has 18 heavy (non-hydrogen) atoms. The molecule has 1 aromatic rings. The van der Waals surface area contributed by atoms with Gasteiger partial charge in [-0.05, 0) is 37.0 Å². The lowest BCUT2D eigenvalue weighted by Crippen LogP contribution is -2.35. The van der Waals surface area contributed by atoms with Crippen LogP contribution in [0.15, 0.2) is 24.3 Å². The molecule has 0 radical (unpaired) electrons. The zero-order chi connectivity index (χ0) is 12.8. The summed E-state index contributed by atoms with van der Waals surface area (Å²) in [6, 6.07) is 7.72. The number of benzene rings is 1. The maximum Gasteiger partial charge on any atom is 0.319 e. The zero-order valence-corrected chi connectivity index (χ0v) is 10.7. The molecule has 4 heteroatoms. The molecule has 0 aromatic heterocycles. The van der Waals surface area contributed by atoms with E-state index in [1.54, 1.807) is 0 Å². The van der Waals surface area contributed by atoms with Crippen molar-refractivity contribution in [2.24, 2.45) is 0 Å². The first-order chi connectivity index (χ1) is 8.78. The van der Waals surface area contributed by atoms with Crippen LogP contribution in [0.3, 0.4) is 0 Å². The lowest BCUT2D eigenvalue weighted by molar-refractivity contribution is 0.112. The molecule has 98 valence electrons. The van der Waals surface area contributed by atoms with Crippen molar-refractivity contribution in [2.75, 3.05) is 18.5 Å². The number of ether oxygens (including phenoxy) is 1. The van der Waals surface area contributed by atoms with Crippen LogP contribution in [-0.2, 0) is 11.2 Å². The summed E-state index contributed by atoms with van der Waals surface area (Å²) in [4.78, 5) is 11.6. The number of hydrogen-bond donors (Lipinski definition) is 2. The van der Waals surface area contributed by atoms with Crippen molar-refractivity contribution in [1.82, 2.24) is 5.32 Å². The molecule has 1 aliphatic heterocycles. The minimum absolute atomic E-state index is 0.172. The molecule has 2 rings (SSSR count). The zero-order valence-electron chi connectivity index (χ0n) is 10.7. The van der Waals surface area contributed by atoms with Gasteiger partial charge in [0.2, 0.25) is 0 Å². The van der Waals surface area contributed by atoms with E-state index in [4.69, 9.17) is 4.74 Å². The minimum Gasteiger partial charge on any atom is -0.376 e. The number of amides is 2. The molecule has 1 unspecified atom stereocenters. The minimum atomic E-state index is -0.172. The van der Waals surface area contributed by atoms with Gasteiger partial charge in [0.15, 0.2) is 0 Å². The van der Waals surface area contributed by atoms with Crippen molar-refractivity contribution in [2.45, 2.75) is 32.3 Å². The number of nitrogens with one attached hydrogen (secondary N) is 2. The molecule has 4 nitrogen and oxygen atoms in total. The summed E-state index contributed by atoms with van der Waals surface area (Å²) in [5.41, 5.74) is 2.08. The van der Waals surface area contributed by atoms with Gasteiger partial charge >= 0.3 is 6.03 Å². The van der Waals surface area contributed by atoms with Gasteiger partial charge in [0.1, 0.15) is 0 Å². The van der Waals surface area contributed by atoms with E-state index >= 15 is 0 Å². The van der Waals surface area contributed by atoms with Crippen molar-refractivity contribution in [1.29, 1.82) is 0 Å². The van der Waals surface area contributed by atoms with Crippen LogP contribution in [-0.4, -0.2) is 25.3 Å². The Kier molecular flexibility index (Phi) is 4.59. The summed E-state index contributed by atoms with van der Waals surface area (Å²) >= 11 is 0. The molecule has 1 saturated heterocycles. The second kappa shape index (κ2) is 6.40. The molecule has 2 N–H and O–H groups in total. The third-order valence-corrected chi connectivity index (χ3v) is 3.13. The number of carbonyl (C=O) groups excluding carboxylic acids is 1. The maximum atomic E-state index is 11.6. The Bertz CT molecular complexity index is 383. The summed E-state index contributed by atoms with van der Waals surface area (Å²) in [6.45, 7) is 3.50. The molecular weight excluding hydrogens is 228 g/mol. The van der Waals surface area contributed by atoms with Crippen LogP contribution >= 0.6 is 0 Å². The average Bonchev–Trinajstić information content (AvgIpc) is 2.90. The molecule has 0 aliphatic carbocycles. The quantitative estimate of drug-likeness (QED) is 0.860. The number of carbonyl (C=O) groups is 1. The summed E-state index contributed by atoms with van der Waals surface area (Å²) < 4.78 is 5.44. The molecule has 1 aromatic carbocycles. The second-order valence-electron chi connectivity index (χ2n) is 4.52. The lowest BCUT2D eigenvalue weighted by atomic mass is 10.1. The predicted molar refractivity (Wildman–Crippen MR) is 71.8 cm³/mol. The SMILES string of the molecule is CCc1ccc(NC(=O)NCC2CCCO2)cc1. The maximum absolute atomic E-state index is 11.6. The van der Waals surface area contributed by atoms with Crippen molar-refractivity contribution in [3.63, 3.8) is 0 Å². The average molecular weight is 248 g/mol. The highest BCUT2D eigenvalue weighted by Crippen LogP contribution is 2.11. The molecule has 1 fully saturated rings. The van der Waals surface area contributed by atoms with E-state index < -0.39 is 0 Å². The van der Waals surface area contributed by atoms with Crippen LogP contribution in [0.5, 0.6) is 0 Å². The molecule has 0 bridgehead atoms. The summed E-state index contributed by atoms with van der Waals surface area (Å²) in [7, 11) is 0. The first-order valence-electron chi connectivity index (χ1n) is 6.53. The molecular formula is C14H20N2O2. The summed E-state index contributed by atoms with van der Waals surface area (Å²) in [6.07, 6.45) is 3.31. The van der Waals surface area contributed by atoms with Crippen LogP contribution < -0.4 is 10.6 Å². The van der Waals surface area contributed by atoms with E-state index in [9.17, 15) is 4.79 Å². The third-order valence-electron chi connectivity index (χ3n) is 3.13. The third kappa shape index (κ3) is 3.74. The monoisotopic (exact) mass is 248 g/mol. The fourth-order valence-electron chi connectivity index (χ4n) is 2.01. The largest absolute Gasteiger partial charge is 0.376 e. The standard InChI is InChI=1S/C14H20N2O2/c1-2-11-5-7-12(8-6-11)16-14(17)15-10-13-4-3-9-18-13/h5-8,13H,2-4,9-10H2,1H3,(H2,15,16,17). The first kappa shape index (κ1) is 12.9. The van der Waals surface area contributed by atoms with Crippen molar-refractivity contribution < 1.29 is 9.53 Å². The number of aryl methyl sites for hydroxylation is 1. The Morgan fingerprint density at radius 1 is 1.39 bits per heavy atom. The number of urea groups is 1. The Labute approximate surface area is 108 Å². The van der Waals surface area contributed by atoms with Crippen molar-refractivity contribution in [3.8, 4) is 0 Å². The summed E-state index contributed by atoms with van der Waals surface area (Å²) in [5, 5.41) is 5.64. The van der Waals surface area contributed by atoms with E-state index in [-0.39, 0.29) is 12.1 Å². The Hall–Kier alpha value is -1.55. The van der Waals surface area contributed by atoms with Gasteiger partial charge in [-0.3, -0.25) is 0 Å². The molecule has 1 atom stereocenters. The highest BCUT2D eigenvalue weighted by Gasteiger charge is 2.15. The first-order valence-corrected chi connectivity index (χ1v) is 6.53. The topological polar surface area (TPSA) is 50.4 Å². The van der Waals surface area contributed by atoms with Gasteiger partial charge in [-0.25, -0.2) is 4.79 Å². The van der Waals surface area contributed by atoms with E-state index in [2.05, 4.69) is 17.6 Å². The van der Waals surface area contributed by atoms with Gasteiger partial charge in [-0.1, -0.05) is 19.1 Å². The fourth-order valence-corrected chi connectivity index (χ4v) is 2.01. The normalized spacial score (nSPS) is 18.6. The smallest absolute Gasteiger partial charge is 0.319 e. The van der Waals surface area contributed by atoms with Gasteiger partial charge in [0, 0.05) is 18.8 Å². The molecule has 2 amide bonds.